The minimum absolute atomic E-state index is 0.231. The molecule has 1 heterocycles. The highest BCUT2D eigenvalue weighted by Gasteiger charge is 2.26. The molecule has 1 aromatic rings. The molecule has 1 aliphatic heterocycles. The van der Waals surface area contributed by atoms with Crippen molar-refractivity contribution >= 4 is 0 Å². The van der Waals surface area contributed by atoms with Gasteiger partial charge in [-0.15, -0.1) is 0 Å². The van der Waals surface area contributed by atoms with Gasteiger partial charge in [0.25, 0.3) is 0 Å². The first kappa shape index (κ1) is 14.1. The van der Waals surface area contributed by atoms with Crippen LogP contribution < -0.4 is 14.8 Å². The molecule has 1 fully saturated rings. The van der Waals surface area contributed by atoms with E-state index in [1.165, 1.54) is 0 Å². The molecule has 0 bridgehead atoms. The van der Waals surface area contributed by atoms with Gasteiger partial charge < -0.3 is 24.3 Å². The summed E-state index contributed by atoms with van der Waals surface area (Å²) >= 11 is 0. The molecule has 0 atom stereocenters. The number of rotatable bonds is 4. The lowest BCUT2D eigenvalue weighted by Gasteiger charge is -2.30. The van der Waals surface area contributed by atoms with Gasteiger partial charge in [0, 0.05) is 0 Å². The fraction of sp³-hybridized carbons (Fsp3) is 0.571. The molecular weight excluding hydrogens is 246 g/mol. The van der Waals surface area contributed by atoms with Gasteiger partial charge in [0.2, 0.25) is 0 Å². The molecule has 0 unspecified atom stereocenters. The molecule has 1 aliphatic rings. The zero-order chi connectivity index (χ0) is 13.8. The van der Waals surface area contributed by atoms with E-state index in [9.17, 15) is 0 Å². The number of ether oxygens (including phenoxy) is 4. The molecule has 106 valence electrons. The van der Waals surface area contributed by atoms with Crippen LogP contribution in [0.1, 0.15) is 17.4 Å². The van der Waals surface area contributed by atoms with Crippen LogP contribution in [0.25, 0.3) is 0 Å². The molecule has 0 spiro atoms. The van der Waals surface area contributed by atoms with Gasteiger partial charge in [0.05, 0.1) is 39.0 Å². The van der Waals surface area contributed by atoms with Gasteiger partial charge in [-0.25, -0.2) is 0 Å². The minimum atomic E-state index is -0.408. The highest BCUT2D eigenvalue weighted by atomic mass is 16.7. The van der Waals surface area contributed by atoms with Crippen molar-refractivity contribution in [3.8, 4) is 11.5 Å². The number of hydrogen-bond donors (Lipinski definition) is 1. The van der Waals surface area contributed by atoms with Gasteiger partial charge in [-0.05, 0) is 31.7 Å². The van der Waals surface area contributed by atoms with Crippen molar-refractivity contribution in [3.05, 3.63) is 23.3 Å². The molecule has 0 aromatic heterocycles. The number of likely N-dealkylation sites (N-methyl/N-ethyl adjacent to an activating group) is 1. The zero-order valence-corrected chi connectivity index (χ0v) is 11.9. The van der Waals surface area contributed by atoms with E-state index in [0.29, 0.717) is 13.2 Å². The topological polar surface area (TPSA) is 49.0 Å². The van der Waals surface area contributed by atoms with Crippen LogP contribution >= 0.6 is 0 Å². The first-order chi connectivity index (χ1) is 9.19. The third-order valence-corrected chi connectivity index (χ3v) is 3.31. The lowest BCUT2D eigenvalue weighted by molar-refractivity contribution is -0.194. The average Bonchev–Trinajstić information content (AvgIpc) is 2.47. The van der Waals surface area contributed by atoms with Gasteiger partial charge in [0.15, 0.2) is 6.29 Å². The number of benzene rings is 1. The van der Waals surface area contributed by atoms with Crippen LogP contribution in [0.3, 0.4) is 0 Å². The van der Waals surface area contributed by atoms with E-state index in [4.69, 9.17) is 18.9 Å². The van der Waals surface area contributed by atoms with Crippen molar-refractivity contribution in [2.24, 2.45) is 0 Å². The smallest absolute Gasteiger partial charge is 0.187 e. The summed E-state index contributed by atoms with van der Waals surface area (Å²) in [5.74, 6) is 1.56. The second-order valence-electron chi connectivity index (χ2n) is 4.55. The van der Waals surface area contributed by atoms with Crippen LogP contribution in [0.2, 0.25) is 0 Å². The van der Waals surface area contributed by atoms with E-state index in [-0.39, 0.29) is 6.04 Å². The molecule has 0 radical (unpaired) electrons. The van der Waals surface area contributed by atoms with Crippen LogP contribution in [0.4, 0.5) is 0 Å². The van der Waals surface area contributed by atoms with E-state index in [2.05, 4.69) is 5.32 Å². The zero-order valence-electron chi connectivity index (χ0n) is 11.9. The molecule has 0 amide bonds. The number of aryl methyl sites for hydroxylation is 1. The molecule has 1 saturated heterocycles. The molecule has 1 N–H and O–H groups in total. The lowest BCUT2D eigenvalue weighted by atomic mass is 10.1. The number of nitrogens with one attached hydrogen (secondary N) is 1. The Morgan fingerprint density at radius 3 is 2.26 bits per heavy atom. The Morgan fingerprint density at radius 2 is 1.74 bits per heavy atom. The fourth-order valence-electron chi connectivity index (χ4n) is 2.11. The Morgan fingerprint density at radius 1 is 1.11 bits per heavy atom. The first-order valence-corrected chi connectivity index (χ1v) is 6.32. The standard InChI is InChI=1S/C14H21NO4/c1-9-5-13(17-4)11(6-12(9)16-3)14-18-7-10(15-2)8-19-14/h5-6,10,14-15H,7-8H2,1-4H3. The summed E-state index contributed by atoms with van der Waals surface area (Å²) < 4.78 is 22.2. The second-order valence-corrected chi connectivity index (χ2v) is 4.55. The summed E-state index contributed by atoms with van der Waals surface area (Å²) in [6, 6.07) is 4.08. The van der Waals surface area contributed by atoms with Gasteiger partial charge in [-0.3, -0.25) is 0 Å². The Bertz CT molecular complexity index is 428. The molecular formula is C14H21NO4. The Balaban J connectivity index is 2.23. The highest BCUT2D eigenvalue weighted by molar-refractivity contribution is 5.46. The van der Waals surface area contributed by atoms with Gasteiger partial charge in [-0.2, -0.15) is 0 Å². The third-order valence-electron chi connectivity index (χ3n) is 3.31. The lowest BCUT2D eigenvalue weighted by Crippen LogP contribution is -2.40. The Labute approximate surface area is 113 Å². The van der Waals surface area contributed by atoms with Crippen LogP contribution in [-0.2, 0) is 9.47 Å². The summed E-state index contributed by atoms with van der Waals surface area (Å²) in [6.45, 7) is 3.20. The SMILES string of the molecule is CNC1COC(c2cc(OC)c(C)cc2OC)OC1. The largest absolute Gasteiger partial charge is 0.496 e. The maximum atomic E-state index is 5.73. The van der Waals surface area contributed by atoms with E-state index in [1.807, 2.05) is 26.1 Å². The quantitative estimate of drug-likeness (QED) is 0.899. The van der Waals surface area contributed by atoms with Gasteiger partial charge >= 0.3 is 0 Å². The molecule has 1 aromatic carbocycles. The predicted octanol–water partition coefficient (Wildman–Crippen LogP) is 1.65. The summed E-state index contributed by atoms with van der Waals surface area (Å²) in [5.41, 5.74) is 1.88. The predicted molar refractivity (Wildman–Crippen MR) is 71.8 cm³/mol. The molecule has 19 heavy (non-hydrogen) atoms. The fourth-order valence-corrected chi connectivity index (χ4v) is 2.11. The third kappa shape index (κ3) is 3.00. The Kier molecular flexibility index (Phi) is 4.63. The summed E-state index contributed by atoms with van der Waals surface area (Å²) in [4.78, 5) is 0. The Hall–Kier alpha value is -1.30. The van der Waals surface area contributed by atoms with E-state index in [1.54, 1.807) is 14.2 Å². The van der Waals surface area contributed by atoms with E-state index >= 15 is 0 Å². The van der Waals surface area contributed by atoms with Crippen molar-refractivity contribution in [3.63, 3.8) is 0 Å². The van der Waals surface area contributed by atoms with Crippen LogP contribution in [-0.4, -0.2) is 40.5 Å². The molecule has 5 heteroatoms. The summed E-state index contributed by atoms with van der Waals surface area (Å²) in [5, 5.41) is 3.13. The average molecular weight is 267 g/mol. The monoisotopic (exact) mass is 267 g/mol. The first-order valence-electron chi connectivity index (χ1n) is 6.32. The van der Waals surface area contributed by atoms with E-state index < -0.39 is 6.29 Å². The summed E-state index contributed by atoms with van der Waals surface area (Å²) in [7, 11) is 5.19. The second kappa shape index (κ2) is 6.23. The van der Waals surface area contributed by atoms with Crippen molar-refractivity contribution in [2.45, 2.75) is 19.3 Å². The molecule has 0 saturated carbocycles. The molecule has 2 rings (SSSR count). The molecule has 5 nitrogen and oxygen atoms in total. The van der Waals surface area contributed by atoms with E-state index in [0.717, 1.165) is 22.6 Å². The van der Waals surface area contributed by atoms with Gasteiger partial charge in [0.1, 0.15) is 11.5 Å². The molecule has 0 aliphatic carbocycles. The van der Waals surface area contributed by atoms with Crippen LogP contribution in [0.5, 0.6) is 11.5 Å². The van der Waals surface area contributed by atoms with Crippen molar-refractivity contribution in [2.75, 3.05) is 34.5 Å². The number of hydrogen-bond acceptors (Lipinski definition) is 5. The van der Waals surface area contributed by atoms with Gasteiger partial charge in [-0.1, -0.05) is 0 Å². The normalized spacial score (nSPS) is 23.2. The summed E-state index contributed by atoms with van der Waals surface area (Å²) in [6.07, 6.45) is -0.408. The van der Waals surface area contributed by atoms with Crippen molar-refractivity contribution in [1.29, 1.82) is 0 Å². The number of methoxy groups -OCH3 is 2. The van der Waals surface area contributed by atoms with Crippen molar-refractivity contribution in [1.82, 2.24) is 5.32 Å². The van der Waals surface area contributed by atoms with Crippen LogP contribution in [0, 0.1) is 6.92 Å². The minimum Gasteiger partial charge on any atom is -0.496 e. The van der Waals surface area contributed by atoms with Crippen molar-refractivity contribution < 1.29 is 18.9 Å². The maximum Gasteiger partial charge on any atom is 0.187 e. The maximum absolute atomic E-state index is 5.73. The highest BCUT2D eigenvalue weighted by Crippen LogP contribution is 2.35. The van der Waals surface area contributed by atoms with Crippen LogP contribution in [0.15, 0.2) is 12.1 Å².